The zero-order chi connectivity index (χ0) is 16.5. The fraction of sp³-hybridized carbons (Fsp3) is 0.579. The van der Waals surface area contributed by atoms with Gasteiger partial charge in [-0.25, -0.2) is 0 Å². The van der Waals surface area contributed by atoms with Crippen molar-refractivity contribution in [3.8, 4) is 0 Å². The Bertz CT molecular complexity index is 600. The van der Waals surface area contributed by atoms with Crippen molar-refractivity contribution in [2.45, 2.75) is 11.2 Å². The molecule has 0 spiro atoms. The maximum atomic E-state index is 5.48. The van der Waals surface area contributed by atoms with Gasteiger partial charge in [-0.1, -0.05) is 34.1 Å². The molecule has 0 amide bonds. The molecule has 3 nitrogen and oxygen atoms in total. The molecule has 0 aromatic heterocycles. The summed E-state index contributed by atoms with van der Waals surface area (Å²) >= 11 is 5.68. The van der Waals surface area contributed by atoms with Gasteiger partial charge in [0, 0.05) is 48.4 Å². The predicted octanol–water partition coefficient (Wildman–Crippen LogP) is 3.43. The largest absolute Gasteiger partial charge is 0.379 e. The molecule has 0 saturated carbocycles. The van der Waals surface area contributed by atoms with Crippen LogP contribution < -0.4 is 0 Å². The molecule has 2 fully saturated rings. The van der Waals surface area contributed by atoms with Crippen LogP contribution in [0.3, 0.4) is 0 Å². The number of likely N-dealkylation sites (tertiary alicyclic amines) is 1. The molecule has 0 aliphatic carbocycles. The molecule has 3 unspecified atom stereocenters. The van der Waals surface area contributed by atoms with E-state index in [1.807, 2.05) is 0 Å². The van der Waals surface area contributed by atoms with E-state index >= 15 is 0 Å². The molecule has 130 valence electrons. The van der Waals surface area contributed by atoms with Gasteiger partial charge in [0.1, 0.15) is 0 Å². The summed E-state index contributed by atoms with van der Waals surface area (Å²) in [5, 5.41) is 0.702. The van der Waals surface area contributed by atoms with Gasteiger partial charge in [0.25, 0.3) is 0 Å². The lowest BCUT2D eigenvalue weighted by atomic mass is 9.80. The topological polar surface area (TPSA) is 15.7 Å². The second-order valence-electron chi connectivity index (χ2n) is 7.13. The van der Waals surface area contributed by atoms with Gasteiger partial charge in [0.05, 0.1) is 13.2 Å². The van der Waals surface area contributed by atoms with E-state index < -0.39 is 0 Å². The number of halogens is 1. The molecule has 1 aromatic rings. The number of nitrogens with zero attached hydrogens (tertiary/aromatic N) is 2. The first-order valence-corrected chi connectivity index (χ1v) is 10.5. The number of morpholine rings is 1. The molecule has 0 N–H and O–H groups in total. The van der Waals surface area contributed by atoms with Crippen molar-refractivity contribution < 1.29 is 4.74 Å². The van der Waals surface area contributed by atoms with Gasteiger partial charge in [-0.05, 0) is 35.6 Å². The minimum absolute atomic E-state index is 0.608. The van der Waals surface area contributed by atoms with E-state index in [0.29, 0.717) is 17.1 Å². The molecule has 3 heterocycles. The van der Waals surface area contributed by atoms with E-state index in [1.165, 1.54) is 12.1 Å². The van der Waals surface area contributed by atoms with Gasteiger partial charge in [-0.2, -0.15) is 0 Å². The van der Waals surface area contributed by atoms with Crippen LogP contribution in [0.25, 0.3) is 0 Å². The van der Waals surface area contributed by atoms with Gasteiger partial charge in [0.2, 0.25) is 0 Å². The smallest absolute Gasteiger partial charge is 0.0594 e. The van der Waals surface area contributed by atoms with Crippen molar-refractivity contribution in [2.24, 2.45) is 5.92 Å². The summed E-state index contributed by atoms with van der Waals surface area (Å²) in [6.07, 6.45) is 2.59. The van der Waals surface area contributed by atoms with Crippen LogP contribution in [0.2, 0.25) is 0 Å². The van der Waals surface area contributed by atoms with Crippen LogP contribution >= 0.6 is 27.7 Å². The summed E-state index contributed by atoms with van der Waals surface area (Å²) in [6, 6.07) is 8.95. The van der Waals surface area contributed by atoms with Gasteiger partial charge in [-0.3, -0.25) is 4.90 Å². The number of piperidine rings is 1. The second kappa shape index (κ2) is 7.50. The number of fused-ring (bicyclic) bond motifs is 1. The SMILES string of the molecule is CN1CC2SC(CN3CCOCC3)=CC2C(c2ccc(Br)cc2)C1. The van der Waals surface area contributed by atoms with E-state index in [-0.39, 0.29) is 0 Å². The highest BCUT2D eigenvalue weighted by atomic mass is 79.9. The Morgan fingerprint density at radius 1 is 1.17 bits per heavy atom. The number of hydrogen-bond acceptors (Lipinski definition) is 4. The third kappa shape index (κ3) is 3.75. The molecule has 5 heteroatoms. The standard InChI is InChI=1S/C19H25BrN2OS/c1-21-12-18(14-2-4-15(20)5-3-14)17-10-16(24-19(17)13-21)11-22-6-8-23-9-7-22/h2-5,10,17-19H,6-9,11-13H2,1H3. The van der Waals surface area contributed by atoms with Crippen molar-refractivity contribution in [2.75, 3.05) is 53.0 Å². The Morgan fingerprint density at radius 3 is 2.67 bits per heavy atom. The maximum Gasteiger partial charge on any atom is 0.0594 e. The summed E-state index contributed by atoms with van der Waals surface area (Å²) in [5.41, 5.74) is 1.48. The zero-order valence-corrected chi connectivity index (χ0v) is 16.6. The number of allylic oxidation sites excluding steroid dienone is 1. The summed E-state index contributed by atoms with van der Waals surface area (Å²) < 4.78 is 6.64. The maximum absolute atomic E-state index is 5.48. The van der Waals surface area contributed by atoms with Gasteiger partial charge < -0.3 is 9.64 Å². The van der Waals surface area contributed by atoms with Crippen LogP contribution in [-0.4, -0.2) is 68.0 Å². The molecule has 0 bridgehead atoms. The molecule has 3 aliphatic heterocycles. The van der Waals surface area contributed by atoms with Crippen molar-refractivity contribution in [1.82, 2.24) is 9.80 Å². The lowest BCUT2D eigenvalue weighted by Gasteiger charge is -2.38. The van der Waals surface area contributed by atoms with E-state index in [1.54, 1.807) is 4.91 Å². The van der Waals surface area contributed by atoms with Crippen LogP contribution in [0.4, 0.5) is 0 Å². The molecular weight excluding hydrogens is 384 g/mol. The number of ether oxygens (including phenoxy) is 1. The Hall–Kier alpha value is -0.330. The summed E-state index contributed by atoms with van der Waals surface area (Å²) in [7, 11) is 2.27. The highest BCUT2D eigenvalue weighted by Crippen LogP contribution is 2.46. The van der Waals surface area contributed by atoms with E-state index in [4.69, 9.17) is 4.74 Å². The lowest BCUT2D eigenvalue weighted by Crippen LogP contribution is -2.43. The quantitative estimate of drug-likeness (QED) is 0.760. The first-order valence-electron chi connectivity index (χ1n) is 8.80. The van der Waals surface area contributed by atoms with Crippen LogP contribution in [0.5, 0.6) is 0 Å². The Kier molecular flexibility index (Phi) is 5.35. The summed E-state index contributed by atoms with van der Waals surface area (Å²) in [6.45, 7) is 7.38. The van der Waals surface area contributed by atoms with E-state index in [9.17, 15) is 0 Å². The van der Waals surface area contributed by atoms with Crippen molar-refractivity contribution >= 4 is 27.7 Å². The number of benzene rings is 1. The van der Waals surface area contributed by atoms with Gasteiger partial charge in [-0.15, -0.1) is 11.8 Å². The van der Waals surface area contributed by atoms with Crippen LogP contribution in [0.1, 0.15) is 11.5 Å². The average molecular weight is 409 g/mol. The highest BCUT2D eigenvalue weighted by Gasteiger charge is 2.40. The van der Waals surface area contributed by atoms with Crippen molar-refractivity contribution in [3.63, 3.8) is 0 Å². The molecule has 24 heavy (non-hydrogen) atoms. The molecule has 4 rings (SSSR count). The Labute approximate surface area is 157 Å². The zero-order valence-electron chi connectivity index (χ0n) is 14.2. The van der Waals surface area contributed by atoms with Crippen molar-refractivity contribution in [3.05, 3.63) is 45.3 Å². The number of thioether (sulfide) groups is 1. The molecular formula is C19H25BrN2OS. The normalized spacial score (nSPS) is 31.8. The fourth-order valence-electron chi connectivity index (χ4n) is 4.11. The highest BCUT2D eigenvalue weighted by molar-refractivity contribution is 9.10. The third-order valence-electron chi connectivity index (χ3n) is 5.36. The Morgan fingerprint density at radius 2 is 1.92 bits per heavy atom. The minimum Gasteiger partial charge on any atom is -0.379 e. The summed E-state index contributed by atoms with van der Waals surface area (Å²) in [4.78, 5) is 6.62. The van der Waals surface area contributed by atoms with Crippen molar-refractivity contribution in [1.29, 1.82) is 0 Å². The predicted molar refractivity (Wildman–Crippen MR) is 105 cm³/mol. The number of hydrogen-bond donors (Lipinski definition) is 0. The second-order valence-corrected chi connectivity index (χ2v) is 9.42. The molecule has 3 atom stereocenters. The number of rotatable bonds is 3. The minimum atomic E-state index is 0.608. The Balaban J connectivity index is 1.51. The third-order valence-corrected chi connectivity index (χ3v) is 7.22. The molecule has 3 aliphatic rings. The number of likely N-dealkylation sites (N-methyl/N-ethyl adjacent to an activating group) is 1. The first-order chi connectivity index (χ1) is 11.7. The van der Waals surface area contributed by atoms with Gasteiger partial charge >= 0.3 is 0 Å². The van der Waals surface area contributed by atoms with Crippen LogP contribution in [0.15, 0.2) is 39.7 Å². The van der Waals surface area contributed by atoms with Crippen LogP contribution in [-0.2, 0) is 4.74 Å². The first kappa shape index (κ1) is 17.1. The van der Waals surface area contributed by atoms with Crippen LogP contribution in [0, 0.1) is 5.92 Å². The molecule has 0 radical (unpaired) electrons. The van der Waals surface area contributed by atoms with E-state index in [2.05, 4.69) is 74.9 Å². The molecule has 2 saturated heterocycles. The summed E-state index contributed by atoms with van der Waals surface area (Å²) in [5.74, 6) is 1.28. The monoisotopic (exact) mass is 408 g/mol. The van der Waals surface area contributed by atoms with E-state index in [0.717, 1.165) is 43.9 Å². The fourth-order valence-corrected chi connectivity index (χ4v) is 6.02. The molecule has 1 aromatic carbocycles. The lowest BCUT2D eigenvalue weighted by molar-refractivity contribution is 0.0430. The average Bonchev–Trinajstić information content (AvgIpc) is 2.98. The van der Waals surface area contributed by atoms with Gasteiger partial charge in [0.15, 0.2) is 0 Å².